The lowest BCUT2D eigenvalue weighted by molar-refractivity contribution is 0.782. The Morgan fingerprint density at radius 2 is 2.18 bits per heavy atom. The lowest BCUT2D eigenvalue weighted by Crippen LogP contribution is -2.08. The highest BCUT2D eigenvalue weighted by Gasteiger charge is 2.10. The van der Waals surface area contributed by atoms with Gasteiger partial charge >= 0.3 is 0 Å². The number of hydrogen-bond donors (Lipinski definition) is 1. The zero-order chi connectivity index (χ0) is 12.4. The van der Waals surface area contributed by atoms with Gasteiger partial charge in [-0.15, -0.1) is 0 Å². The van der Waals surface area contributed by atoms with Crippen LogP contribution in [0, 0.1) is 6.92 Å². The number of hydrogen-bond acceptors (Lipinski definition) is 2. The molecule has 0 radical (unpaired) electrons. The van der Waals surface area contributed by atoms with Gasteiger partial charge in [0, 0.05) is 23.5 Å². The first kappa shape index (κ1) is 12.3. The number of halogens is 1. The van der Waals surface area contributed by atoms with Gasteiger partial charge in [-0.3, -0.25) is 0 Å². The minimum absolute atomic E-state index is 0.627. The molecule has 3 nitrogen and oxygen atoms in total. The highest BCUT2D eigenvalue weighted by Crippen LogP contribution is 2.27. The van der Waals surface area contributed by atoms with Crippen LogP contribution in [0.25, 0.3) is 11.3 Å². The lowest BCUT2D eigenvalue weighted by Gasteiger charge is -2.08. The molecule has 0 bridgehead atoms. The molecular formula is C13H16BrN3. The van der Waals surface area contributed by atoms with Crippen LogP contribution in [0.5, 0.6) is 0 Å². The van der Waals surface area contributed by atoms with E-state index in [1.54, 1.807) is 0 Å². The van der Waals surface area contributed by atoms with Gasteiger partial charge in [0.15, 0.2) is 0 Å². The quantitative estimate of drug-likeness (QED) is 0.945. The van der Waals surface area contributed by atoms with Crippen molar-refractivity contribution in [3.05, 3.63) is 40.3 Å². The summed E-state index contributed by atoms with van der Waals surface area (Å²) in [4.78, 5) is 4.42. The van der Waals surface area contributed by atoms with Crippen molar-refractivity contribution >= 4 is 15.9 Å². The number of nitrogens with two attached hydrogens (primary N) is 1. The predicted octanol–water partition coefficient (Wildman–Crippen LogP) is 2.66. The molecule has 1 heterocycles. The Bertz CT molecular complexity index is 531. The highest BCUT2D eigenvalue weighted by atomic mass is 79.9. The third kappa shape index (κ3) is 2.42. The van der Waals surface area contributed by atoms with E-state index in [9.17, 15) is 0 Å². The van der Waals surface area contributed by atoms with Crippen molar-refractivity contribution in [2.75, 3.05) is 6.54 Å². The van der Waals surface area contributed by atoms with E-state index in [2.05, 4.69) is 50.6 Å². The third-order valence-electron chi connectivity index (χ3n) is 2.93. The van der Waals surface area contributed by atoms with Gasteiger partial charge in [0.25, 0.3) is 0 Å². The maximum absolute atomic E-state index is 5.57. The molecule has 0 atom stereocenters. The summed E-state index contributed by atoms with van der Waals surface area (Å²) in [6.45, 7) is 2.74. The number of imidazole rings is 1. The second-order valence-electron chi connectivity index (χ2n) is 4.12. The first-order valence-corrected chi connectivity index (χ1v) is 6.40. The van der Waals surface area contributed by atoms with Crippen LogP contribution in [0.3, 0.4) is 0 Å². The van der Waals surface area contributed by atoms with E-state index in [1.165, 1.54) is 11.1 Å². The topological polar surface area (TPSA) is 43.8 Å². The molecule has 0 fully saturated rings. The number of aryl methyl sites for hydroxylation is 1. The minimum atomic E-state index is 0.627. The van der Waals surface area contributed by atoms with Gasteiger partial charge in [0.1, 0.15) is 5.82 Å². The summed E-state index contributed by atoms with van der Waals surface area (Å²) in [5.41, 5.74) is 9.15. The lowest BCUT2D eigenvalue weighted by atomic mass is 10.1. The maximum atomic E-state index is 5.57. The van der Waals surface area contributed by atoms with Crippen molar-refractivity contribution in [3.63, 3.8) is 0 Å². The molecule has 2 rings (SSSR count). The van der Waals surface area contributed by atoms with Crippen LogP contribution in [0.15, 0.2) is 28.9 Å². The summed E-state index contributed by atoms with van der Waals surface area (Å²) < 4.78 is 3.20. The van der Waals surface area contributed by atoms with E-state index >= 15 is 0 Å². The number of rotatable bonds is 3. The van der Waals surface area contributed by atoms with Crippen LogP contribution < -0.4 is 5.73 Å². The molecule has 0 aliphatic rings. The average Bonchev–Trinajstić information content (AvgIpc) is 2.65. The Hall–Kier alpha value is -1.13. The van der Waals surface area contributed by atoms with Crippen molar-refractivity contribution in [2.24, 2.45) is 12.8 Å². The normalized spacial score (nSPS) is 10.8. The van der Waals surface area contributed by atoms with Gasteiger partial charge in [-0.1, -0.05) is 22.0 Å². The summed E-state index contributed by atoms with van der Waals surface area (Å²) in [5.74, 6) is 1.03. The van der Waals surface area contributed by atoms with Crippen LogP contribution in [0.2, 0.25) is 0 Å². The van der Waals surface area contributed by atoms with Crippen molar-refractivity contribution in [2.45, 2.75) is 13.3 Å². The molecule has 0 aliphatic carbocycles. The van der Waals surface area contributed by atoms with Crippen LogP contribution in [-0.2, 0) is 13.5 Å². The van der Waals surface area contributed by atoms with Gasteiger partial charge in [-0.2, -0.15) is 0 Å². The van der Waals surface area contributed by atoms with Gasteiger partial charge in [0.2, 0.25) is 0 Å². The molecule has 17 heavy (non-hydrogen) atoms. The maximum Gasteiger partial charge on any atom is 0.110 e. The molecule has 1 aromatic carbocycles. The summed E-state index contributed by atoms with van der Waals surface area (Å²) in [5, 5.41) is 0. The van der Waals surface area contributed by atoms with Gasteiger partial charge < -0.3 is 10.3 Å². The molecular weight excluding hydrogens is 278 g/mol. The molecule has 90 valence electrons. The van der Waals surface area contributed by atoms with E-state index in [4.69, 9.17) is 5.73 Å². The van der Waals surface area contributed by atoms with Crippen LogP contribution >= 0.6 is 15.9 Å². The highest BCUT2D eigenvalue weighted by molar-refractivity contribution is 9.10. The SMILES string of the molecule is Cc1ccc(Br)cc1-c1cnc(CCN)n1C. The van der Waals surface area contributed by atoms with E-state index in [1.807, 2.05) is 13.2 Å². The molecule has 0 aliphatic heterocycles. The van der Waals surface area contributed by atoms with E-state index < -0.39 is 0 Å². The molecule has 0 saturated carbocycles. The molecule has 2 N–H and O–H groups in total. The fraction of sp³-hybridized carbons (Fsp3) is 0.308. The second kappa shape index (κ2) is 5.02. The molecule has 2 aromatic rings. The van der Waals surface area contributed by atoms with Gasteiger partial charge in [0.05, 0.1) is 11.9 Å². The first-order chi connectivity index (χ1) is 8.13. The van der Waals surface area contributed by atoms with Crippen molar-refractivity contribution in [1.82, 2.24) is 9.55 Å². The number of nitrogens with zero attached hydrogens (tertiary/aromatic N) is 2. The summed E-state index contributed by atoms with van der Waals surface area (Å²) in [6.07, 6.45) is 2.73. The molecule has 0 amide bonds. The van der Waals surface area contributed by atoms with Crippen molar-refractivity contribution in [1.29, 1.82) is 0 Å². The molecule has 0 unspecified atom stereocenters. The van der Waals surface area contributed by atoms with Gasteiger partial charge in [-0.25, -0.2) is 4.98 Å². The number of aromatic nitrogens is 2. The van der Waals surface area contributed by atoms with Crippen LogP contribution in [-0.4, -0.2) is 16.1 Å². The van der Waals surface area contributed by atoms with E-state index in [0.29, 0.717) is 6.54 Å². The summed E-state index contributed by atoms with van der Waals surface area (Å²) in [6, 6.07) is 6.28. The fourth-order valence-corrected chi connectivity index (χ4v) is 2.29. The van der Waals surface area contributed by atoms with E-state index in [-0.39, 0.29) is 0 Å². The largest absolute Gasteiger partial charge is 0.331 e. The van der Waals surface area contributed by atoms with Crippen LogP contribution in [0.4, 0.5) is 0 Å². The molecule has 4 heteroatoms. The van der Waals surface area contributed by atoms with E-state index in [0.717, 1.165) is 22.4 Å². The Morgan fingerprint density at radius 1 is 1.41 bits per heavy atom. The first-order valence-electron chi connectivity index (χ1n) is 5.60. The Kier molecular flexibility index (Phi) is 3.64. The number of benzene rings is 1. The zero-order valence-corrected chi connectivity index (χ0v) is 11.7. The monoisotopic (exact) mass is 293 g/mol. The minimum Gasteiger partial charge on any atom is -0.331 e. The molecule has 1 aromatic heterocycles. The Balaban J connectivity index is 2.49. The average molecular weight is 294 g/mol. The fourth-order valence-electron chi connectivity index (χ4n) is 1.93. The second-order valence-corrected chi connectivity index (χ2v) is 5.03. The van der Waals surface area contributed by atoms with Crippen molar-refractivity contribution in [3.8, 4) is 11.3 Å². The standard InChI is InChI=1S/C13H16BrN3/c1-9-3-4-10(14)7-11(9)12-8-16-13(5-6-15)17(12)2/h3-4,7-8H,5-6,15H2,1-2H3. The van der Waals surface area contributed by atoms with Gasteiger partial charge in [-0.05, 0) is 31.2 Å². The zero-order valence-electron chi connectivity index (χ0n) is 10.1. The van der Waals surface area contributed by atoms with Crippen LogP contribution in [0.1, 0.15) is 11.4 Å². The molecule has 0 saturated heterocycles. The van der Waals surface area contributed by atoms with Crippen molar-refractivity contribution < 1.29 is 0 Å². The summed E-state index contributed by atoms with van der Waals surface area (Å²) in [7, 11) is 2.04. The molecule has 0 spiro atoms. The predicted molar refractivity (Wildman–Crippen MR) is 73.8 cm³/mol. The Labute approximate surface area is 110 Å². The third-order valence-corrected chi connectivity index (χ3v) is 3.42. The smallest absolute Gasteiger partial charge is 0.110 e. The Morgan fingerprint density at radius 3 is 2.88 bits per heavy atom. The summed E-state index contributed by atoms with van der Waals surface area (Å²) >= 11 is 3.51.